The third-order valence-electron chi connectivity index (χ3n) is 4.25. The van der Waals surface area contributed by atoms with Crippen molar-refractivity contribution in [2.24, 2.45) is 0 Å². The Labute approximate surface area is 172 Å². The molecule has 6 nitrogen and oxygen atoms in total. The number of nitrogens with zero attached hydrogens (tertiary/aromatic N) is 2. The third-order valence-corrected chi connectivity index (χ3v) is 7.74. The average Bonchev–Trinajstić information content (AvgIpc) is 3.16. The average molecular weight is 448 g/mol. The van der Waals surface area contributed by atoms with Crippen LogP contribution in [-0.4, -0.2) is 56.3 Å². The van der Waals surface area contributed by atoms with Crippen LogP contribution in [0.25, 0.3) is 0 Å². The first-order valence-electron chi connectivity index (χ1n) is 8.33. The standard InChI is InChI=1S/C17H19Cl2N3O3S2/c18-13-3-4-15(19)16(10-13)27(24,25)22-7-5-21(6-8-22)12-17(23)20-11-14-2-1-9-26-14/h1-4,9-10H,5-8,11-12H2,(H,20,23). The van der Waals surface area contributed by atoms with Gasteiger partial charge in [-0.1, -0.05) is 29.3 Å². The summed E-state index contributed by atoms with van der Waals surface area (Å²) in [7, 11) is -3.72. The van der Waals surface area contributed by atoms with Crippen LogP contribution < -0.4 is 5.32 Å². The van der Waals surface area contributed by atoms with E-state index in [9.17, 15) is 13.2 Å². The van der Waals surface area contributed by atoms with Crippen LogP contribution in [0, 0.1) is 0 Å². The lowest BCUT2D eigenvalue weighted by molar-refractivity contribution is -0.122. The van der Waals surface area contributed by atoms with Crippen LogP contribution in [0.2, 0.25) is 10.0 Å². The van der Waals surface area contributed by atoms with E-state index in [1.54, 1.807) is 17.4 Å². The molecule has 1 aliphatic rings. The number of hydrogen-bond donors (Lipinski definition) is 1. The van der Waals surface area contributed by atoms with Crippen molar-refractivity contribution < 1.29 is 13.2 Å². The van der Waals surface area contributed by atoms with Gasteiger partial charge in [0.05, 0.1) is 18.1 Å². The fourth-order valence-electron chi connectivity index (χ4n) is 2.80. The molecule has 0 unspecified atom stereocenters. The predicted molar refractivity (Wildman–Crippen MR) is 108 cm³/mol. The van der Waals surface area contributed by atoms with Crippen LogP contribution in [0.15, 0.2) is 40.6 Å². The van der Waals surface area contributed by atoms with Gasteiger partial charge in [0.15, 0.2) is 0 Å². The minimum atomic E-state index is -3.72. The third kappa shape index (κ3) is 5.22. The normalized spacial score (nSPS) is 16.4. The molecule has 2 heterocycles. The summed E-state index contributed by atoms with van der Waals surface area (Å²) in [6.45, 7) is 2.30. The molecule has 146 valence electrons. The topological polar surface area (TPSA) is 69.7 Å². The molecule has 1 N–H and O–H groups in total. The van der Waals surface area contributed by atoms with Crippen molar-refractivity contribution in [2.45, 2.75) is 11.4 Å². The second kappa shape index (κ2) is 8.89. The summed E-state index contributed by atoms with van der Waals surface area (Å²) >= 11 is 13.6. The molecule has 1 aromatic carbocycles. The molecule has 1 aliphatic heterocycles. The molecule has 0 bridgehead atoms. The maximum Gasteiger partial charge on any atom is 0.244 e. The van der Waals surface area contributed by atoms with Gasteiger partial charge >= 0.3 is 0 Å². The van der Waals surface area contributed by atoms with Gasteiger partial charge in [0, 0.05) is 36.1 Å². The first-order chi connectivity index (χ1) is 12.9. The van der Waals surface area contributed by atoms with E-state index in [1.807, 2.05) is 22.4 Å². The second-order valence-corrected chi connectivity index (χ2v) is 9.89. The van der Waals surface area contributed by atoms with E-state index in [2.05, 4.69) is 5.32 Å². The van der Waals surface area contributed by atoms with Crippen LogP contribution in [0.5, 0.6) is 0 Å². The molecule has 27 heavy (non-hydrogen) atoms. The molecule has 0 radical (unpaired) electrons. The zero-order chi connectivity index (χ0) is 19.4. The number of thiophene rings is 1. The Morgan fingerprint density at radius 2 is 1.89 bits per heavy atom. The highest BCUT2D eigenvalue weighted by Crippen LogP contribution is 2.28. The highest BCUT2D eigenvalue weighted by atomic mass is 35.5. The SMILES string of the molecule is O=C(CN1CCN(S(=O)(=O)c2cc(Cl)ccc2Cl)CC1)NCc1cccs1. The lowest BCUT2D eigenvalue weighted by Gasteiger charge is -2.33. The number of piperazine rings is 1. The van der Waals surface area contributed by atoms with Gasteiger partial charge in [-0.3, -0.25) is 9.69 Å². The molecule has 1 amide bonds. The van der Waals surface area contributed by atoms with Gasteiger partial charge in [0.25, 0.3) is 0 Å². The van der Waals surface area contributed by atoms with E-state index < -0.39 is 10.0 Å². The highest BCUT2D eigenvalue weighted by Gasteiger charge is 2.30. The lowest BCUT2D eigenvalue weighted by Crippen LogP contribution is -2.51. The van der Waals surface area contributed by atoms with Gasteiger partial charge < -0.3 is 5.32 Å². The van der Waals surface area contributed by atoms with Crippen LogP contribution in [0.4, 0.5) is 0 Å². The van der Waals surface area contributed by atoms with Crippen molar-refractivity contribution in [3.8, 4) is 0 Å². The van der Waals surface area contributed by atoms with Crippen molar-refractivity contribution in [1.29, 1.82) is 0 Å². The number of benzene rings is 1. The van der Waals surface area contributed by atoms with Gasteiger partial charge in [-0.2, -0.15) is 4.31 Å². The summed E-state index contributed by atoms with van der Waals surface area (Å²) < 4.78 is 27.0. The molecule has 1 fully saturated rings. The van der Waals surface area contributed by atoms with E-state index in [0.717, 1.165) is 4.88 Å². The molecule has 0 spiro atoms. The van der Waals surface area contributed by atoms with E-state index in [0.29, 0.717) is 37.7 Å². The van der Waals surface area contributed by atoms with Crippen LogP contribution >= 0.6 is 34.5 Å². The Hall–Kier alpha value is -1.16. The molecule has 1 aromatic heterocycles. The largest absolute Gasteiger partial charge is 0.350 e. The Kier molecular flexibility index (Phi) is 6.78. The number of rotatable bonds is 6. The molecular weight excluding hydrogens is 429 g/mol. The zero-order valence-electron chi connectivity index (χ0n) is 14.4. The fourth-order valence-corrected chi connectivity index (χ4v) is 5.60. The summed E-state index contributed by atoms with van der Waals surface area (Å²) in [5.41, 5.74) is 0. The predicted octanol–water partition coefficient (Wildman–Crippen LogP) is 2.68. The van der Waals surface area contributed by atoms with E-state index in [4.69, 9.17) is 23.2 Å². The Morgan fingerprint density at radius 1 is 1.15 bits per heavy atom. The minimum Gasteiger partial charge on any atom is -0.350 e. The summed E-state index contributed by atoms with van der Waals surface area (Å²) in [6, 6.07) is 8.30. The molecule has 10 heteroatoms. The second-order valence-electron chi connectivity index (χ2n) is 6.11. The number of amides is 1. The molecule has 0 aliphatic carbocycles. The molecular formula is C17H19Cl2N3O3S2. The monoisotopic (exact) mass is 447 g/mol. The first kappa shape index (κ1) is 20.6. The van der Waals surface area contributed by atoms with E-state index >= 15 is 0 Å². The molecule has 3 rings (SSSR count). The molecule has 1 saturated heterocycles. The molecule has 0 atom stereocenters. The van der Waals surface area contributed by atoms with Crippen molar-refractivity contribution in [3.05, 3.63) is 50.6 Å². The number of nitrogens with one attached hydrogen (secondary N) is 1. The van der Waals surface area contributed by atoms with E-state index in [1.165, 1.54) is 16.4 Å². The Bertz CT molecular complexity index is 896. The van der Waals surface area contributed by atoms with Gasteiger partial charge in [-0.15, -0.1) is 11.3 Å². The van der Waals surface area contributed by atoms with Crippen molar-refractivity contribution in [3.63, 3.8) is 0 Å². The van der Waals surface area contributed by atoms with Gasteiger partial charge in [0.2, 0.25) is 15.9 Å². The number of carbonyl (C=O) groups is 1. The number of halogens is 2. The summed E-state index contributed by atoms with van der Waals surface area (Å²) in [5, 5.41) is 5.31. The van der Waals surface area contributed by atoms with Gasteiger partial charge in [-0.25, -0.2) is 8.42 Å². The van der Waals surface area contributed by atoms with Crippen LogP contribution in [0.3, 0.4) is 0 Å². The quantitative estimate of drug-likeness (QED) is 0.738. The number of carbonyl (C=O) groups excluding carboxylic acids is 1. The van der Waals surface area contributed by atoms with Crippen molar-refractivity contribution >= 4 is 50.5 Å². The Balaban J connectivity index is 1.53. The van der Waals surface area contributed by atoms with Crippen molar-refractivity contribution in [1.82, 2.24) is 14.5 Å². The highest BCUT2D eigenvalue weighted by molar-refractivity contribution is 7.89. The lowest BCUT2D eigenvalue weighted by atomic mass is 10.3. The number of sulfonamides is 1. The molecule has 2 aromatic rings. The van der Waals surface area contributed by atoms with Crippen LogP contribution in [0.1, 0.15) is 4.88 Å². The smallest absolute Gasteiger partial charge is 0.244 e. The summed E-state index contributed by atoms with van der Waals surface area (Å²) in [4.78, 5) is 15.1. The Morgan fingerprint density at radius 3 is 2.56 bits per heavy atom. The summed E-state index contributed by atoms with van der Waals surface area (Å²) in [6.07, 6.45) is 0. The molecule has 0 saturated carbocycles. The fraction of sp³-hybridized carbons (Fsp3) is 0.353. The minimum absolute atomic E-state index is 0.0128. The maximum absolute atomic E-state index is 12.8. The zero-order valence-corrected chi connectivity index (χ0v) is 17.5. The number of hydrogen-bond acceptors (Lipinski definition) is 5. The van der Waals surface area contributed by atoms with E-state index in [-0.39, 0.29) is 22.4 Å². The summed E-state index contributed by atoms with van der Waals surface area (Å²) in [5.74, 6) is -0.0717. The van der Waals surface area contributed by atoms with Crippen molar-refractivity contribution in [2.75, 3.05) is 32.7 Å². The van der Waals surface area contributed by atoms with Crippen LogP contribution in [-0.2, 0) is 21.4 Å². The van der Waals surface area contributed by atoms with Gasteiger partial charge in [0.1, 0.15) is 4.90 Å². The first-order valence-corrected chi connectivity index (χ1v) is 11.4. The van der Waals surface area contributed by atoms with Gasteiger partial charge in [-0.05, 0) is 29.6 Å². The maximum atomic E-state index is 12.8.